The molecule has 0 saturated heterocycles. The van der Waals surface area contributed by atoms with Crippen molar-refractivity contribution in [2.24, 2.45) is 0 Å². The van der Waals surface area contributed by atoms with E-state index in [9.17, 15) is 0 Å². The van der Waals surface area contributed by atoms with Gasteiger partial charge in [-0.05, 0) is 95.8 Å². The molecule has 0 atom stereocenters. The van der Waals surface area contributed by atoms with Crippen LogP contribution < -0.4 is 9.47 Å². The van der Waals surface area contributed by atoms with Crippen LogP contribution in [0.4, 0.5) is 0 Å². The second-order valence-electron chi connectivity index (χ2n) is 10.7. The molecule has 6 aromatic carbocycles. The molecule has 212 valence electrons. The number of hydrogen-bond acceptors (Lipinski definition) is 2. The molecule has 0 amide bonds. The molecule has 0 fully saturated rings. The van der Waals surface area contributed by atoms with Crippen LogP contribution in [0, 0.1) is 13.8 Å². The molecule has 0 N–H and O–H groups in total. The van der Waals surface area contributed by atoms with Crippen LogP contribution in [0.25, 0.3) is 11.1 Å². The fourth-order valence-corrected chi connectivity index (χ4v) is 6.05. The molecule has 6 aromatic rings. The maximum Gasteiger partial charge on any atom is 0.127 e. The Labute approximate surface area is 255 Å². The molecule has 0 radical (unpaired) electrons. The van der Waals surface area contributed by atoms with E-state index in [1.165, 1.54) is 44.5 Å². The number of benzene rings is 6. The number of hydrogen-bond donors (Lipinski definition) is 0. The number of aryl methyl sites for hydroxylation is 2. The minimum atomic E-state index is -0.474. The van der Waals surface area contributed by atoms with Gasteiger partial charge in [0.05, 0.1) is 5.41 Å². The highest BCUT2D eigenvalue weighted by Crippen LogP contribution is 2.56. The summed E-state index contributed by atoms with van der Waals surface area (Å²) in [5.74, 6) is 3.29. The molecule has 2 heteroatoms. The van der Waals surface area contributed by atoms with Crippen molar-refractivity contribution in [3.8, 4) is 34.1 Å². The molecule has 2 nitrogen and oxygen atoms in total. The number of ether oxygens (including phenoxy) is 2. The van der Waals surface area contributed by atoms with E-state index in [0.717, 1.165) is 23.0 Å². The van der Waals surface area contributed by atoms with Crippen LogP contribution in [0.2, 0.25) is 0 Å². The normalized spacial score (nSPS) is 12.4. The zero-order valence-corrected chi connectivity index (χ0v) is 25.2. The van der Waals surface area contributed by atoms with Crippen molar-refractivity contribution < 1.29 is 9.47 Å². The standard InChI is InChI=1S/C39H30O2.C2H6/c1-27-11-19-31(20-12-27)40-33-23-15-29(16-24-33)39(37-9-5-3-7-35(37)36-8-4-6-10-38(36)39)30-17-25-34(26-18-30)41-32-21-13-28(2)14-22-32;1-2/h3-26H,1-2H3;1-2H3. The molecular formula is C41H36O2. The summed E-state index contributed by atoms with van der Waals surface area (Å²) in [5.41, 5.74) is 9.42. The summed E-state index contributed by atoms with van der Waals surface area (Å²) in [6, 6.07) is 51.0. The van der Waals surface area contributed by atoms with E-state index in [1.807, 2.05) is 38.1 Å². The Kier molecular flexibility index (Phi) is 7.85. The fraction of sp³-hybridized carbons (Fsp3) is 0.122. The second kappa shape index (κ2) is 12.0. The zero-order valence-electron chi connectivity index (χ0n) is 25.2. The second-order valence-corrected chi connectivity index (χ2v) is 10.7. The van der Waals surface area contributed by atoms with E-state index in [2.05, 4.69) is 135 Å². The zero-order chi connectivity index (χ0) is 29.8. The van der Waals surface area contributed by atoms with Gasteiger partial charge in [-0.2, -0.15) is 0 Å². The number of rotatable bonds is 6. The maximum absolute atomic E-state index is 6.19. The SMILES string of the molecule is CC.Cc1ccc(Oc2ccc(C3(c4ccc(Oc5ccc(C)cc5)cc4)c4ccccc4-c4ccccc43)cc2)cc1. The predicted octanol–water partition coefficient (Wildman–Crippen LogP) is 11.3. The fourth-order valence-electron chi connectivity index (χ4n) is 6.05. The average Bonchev–Trinajstić information content (AvgIpc) is 3.36. The van der Waals surface area contributed by atoms with Crippen molar-refractivity contribution in [3.05, 3.63) is 179 Å². The van der Waals surface area contributed by atoms with Crippen molar-refractivity contribution in [1.82, 2.24) is 0 Å². The third kappa shape index (κ3) is 5.21. The predicted molar refractivity (Wildman–Crippen MR) is 178 cm³/mol. The Morgan fingerprint density at radius 3 is 1.02 bits per heavy atom. The van der Waals surface area contributed by atoms with Crippen molar-refractivity contribution >= 4 is 0 Å². The largest absolute Gasteiger partial charge is 0.457 e. The lowest BCUT2D eigenvalue weighted by atomic mass is 9.68. The molecule has 0 spiro atoms. The lowest BCUT2D eigenvalue weighted by molar-refractivity contribution is 0.482. The molecule has 43 heavy (non-hydrogen) atoms. The van der Waals surface area contributed by atoms with Crippen LogP contribution in [0.3, 0.4) is 0 Å². The van der Waals surface area contributed by atoms with Gasteiger partial charge in [-0.3, -0.25) is 0 Å². The molecule has 0 saturated carbocycles. The van der Waals surface area contributed by atoms with Gasteiger partial charge in [0.2, 0.25) is 0 Å². The summed E-state index contributed by atoms with van der Waals surface area (Å²) in [4.78, 5) is 0. The first-order valence-electron chi connectivity index (χ1n) is 15.0. The van der Waals surface area contributed by atoms with E-state index in [4.69, 9.17) is 9.47 Å². The minimum Gasteiger partial charge on any atom is -0.457 e. The van der Waals surface area contributed by atoms with Gasteiger partial charge in [-0.25, -0.2) is 0 Å². The van der Waals surface area contributed by atoms with Gasteiger partial charge in [0.15, 0.2) is 0 Å². The Morgan fingerprint density at radius 2 is 0.674 bits per heavy atom. The molecular weight excluding hydrogens is 524 g/mol. The van der Waals surface area contributed by atoms with Gasteiger partial charge in [0.1, 0.15) is 23.0 Å². The first kappa shape index (κ1) is 28.1. The van der Waals surface area contributed by atoms with Gasteiger partial charge in [-0.1, -0.05) is 122 Å². The van der Waals surface area contributed by atoms with E-state index < -0.39 is 5.41 Å². The molecule has 7 rings (SSSR count). The van der Waals surface area contributed by atoms with E-state index in [1.54, 1.807) is 0 Å². The Hall–Kier alpha value is -5.08. The monoisotopic (exact) mass is 560 g/mol. The molecule has 0 aliphatic heterocycles. The third-order valence-electron chi connectivity index (χ3n) is 8.04. The van der Waals surface area contributed by atoms with Crippen molar-refractivity contribution in [3.63, 3.8) is 0 Å². The summed E-state index contributed by atoms with van der Waals surface area (Å²) in [5, 5.41) is 0. The minimum absolute atomic E-state index is 0.474. The Bertz CT molecular complexity index is 1680. The molecule has 0 bridgehead atoms. The van der Waals surface area contributed by atoms with Crippen molar-refractivity contribution in [2.45, 2.75) is 33.1 Å². The third-order valence-corrected chi connectivity index (χ3v) is 8.04. The summed E-state index contributed by atoms with van der Waals surface area (Å²) < 4.78 is 12.4. The van der Waals surface area contributed by atoms with Crippen LogP contribution in [-0.4, -0.2) is 0 Å². The van der Waals surface area contributed by atoms with Gasteiger partial charge >= 0.3 is 0 Å². The van der Waals surface area contributed by atoms with Gasteiger partial charge in [-0.15, -0.1) is 0 Å². The topological polar surface area (TPSA) is 18.5 Å². The highest BCUT2D eigenvalue weighted by molar-refractivity contribution is 5.86. The van der Waals surface area contributed by atoms with Gasteiger partial charge < -0.3 is 9.47 Å². The summed E-state index contributed by atoms with van der Waals surface area (Å²) >= 11 is 0. The lowest BCUT2D eigenvalue weighted by Crippen LogP contribution is -2.28. The first-order valence-corrected chi connectivity index (χ1v) is 15.0. The molecule has 0 unspecified atom stereocenters. The number of fused-ring (bicyclic) bond motifs is 3. The summed E-state index contributed by atoms with van der Waals surface area (Å²) in [6.07, 6.45) is 0. The van der Waals surface area contributed by atoms with Crippen LogP contribution in [0.1, 0.15) is 47.2 Å². The summed E-state index contributed by atoms with van der Waals surface area (Å²) in [6.45, 7) is 8.16. The lowest BCUT2D eigenvalue weighted by Gasteiger charge is -2.34. The van der Waals surface area contributed by atoms with Gasteiger partial charge in [0.25, 0.3) is 0 Å². The van der Waals surface area contributed by atoms with Crippen LogP contribution in [0.15, 0.2) is 146 Å². The molecule has 0 aromatic heterocycles. The Morgan fingerprint density at radius 1 is 0.372 bits per heavy atom. The van der Waals surface area contributed by atoms with Crippen molar-refractivity contribution in [2.75, 3.05) is 0 Å². The maximum atomic E-state index is 6.19. The smallest absolute Gasteiger partial charge is 0.127 e. The Balaban J connectivity index is 0.00000161. The van der Waals surface area contributed by atoms with E-state index in [-0.39, 0.29) is 0 Å². The first-order chi connectivity index (χ1) is 21.1. The molecule has 0 heterocycles. The van der Waals surface area contributed by atoms with Crippen LogP contribution >= 0.6 is 0 Å². The van der Waals surface area contributed by atoms with E-state index in [0.29, 0.717) is 0 Å². The van der Waals surface area contributed by atoms with Crippen LogP contribution in [0.5, 0.6) is 23.0 Å². The molecule has 1 aliphatic carbocycles. The van der Waals surface area contributed by atoms with Crippen LogP contribution in [-0.2, 0) is 5.41 Å². The molecule has 1 aliphatic rings. The summed E-state index contributed by atoms with van der Waals surface area (Å²) in [7, 11) is 0. The average molecular weight is 561 g/mol. The highest BCUT2D eigenvalue weighted by Gasteiger charge is 2.45. The van der Waals surface area contributed by atoms with Gasteiger partial charge in [0, 0.05) is 0 Å². The van der Waals surface area contributed by atoms with Crippen molar-refractivity contribution in [1.29, 1.82) is 0 Å². The highest BCUT2D eigenvalue weighted by atomic mass is 16.5. The quantitative estimate of drug-likeness (QED) is 0.201. The van der Waals surface area contributed by atoms with E-state index >= 15 is 0 Å².